The van der Waals surface area contributed by atoms with E-state index in [0.29, 0.717) is 11.4 Å². The van der Waals surface area contributed by atoms with Gasteiger partial charge in [0.1, 0.15) is 22.7 Å². The lowest BCUT2D eigenvalue weighted by molar-refractivity contribution is -0.133. The number of ether oxygens (including phenoxy) is 1. The zero-order valence-electron chi connectivity index (χ0n) is 19.5. The smallest absolute Gasteiger partial charge is 0.247 e. The van der Waals surface area contributed by atoms with Crippen LogP contribution >= 0.6 is 11.6 Å². The lowest BCUT2D eigenvalue weighted by atomic mass is 10.0. The third-order valence-electron chi connectivity index (χ3n) is 6.12. The summed E-state index contributed by atoms with van der Waals surface area (Å²) in [6.07, 6.45) is 5.43. The Morgan fingerprint density at radius 3 is 2.49 bits per heavy atom. The summed E-state index contributed by atoms with van der Waals surface area (Å²) in [7, 11) is 1.78. The molecule has 0 unspecified atom stereocenters. The summed E-state index contributed by atoms with van der Waals surface area (Å²) in [5.41, 5.74) is 5.31. The van der Waals surface area contributed by atoms with E-state index in [-0.39, 0.29) is 35.0 Å². The van der Waals surface area contributed by atoms with Crippen LogP contribution in [0.4, 0.5) is 20.2 Å². The van der Waals surface area contributed by atoms with E-state index in [9.17, 15) is 14.0 Å². The molecule has 1 saturated carbocycles. The lowest BCUT2D eigenvalue weighted by Crippen LogP contribution is -2.41. The molecule has 1 aliphatic carbocycles. The molecule has 0 saturated heterocycles. The SMILES string of the molecule is Cn1cc(-c2cc(Oc3cc(F)c(N(C(=O)C4(C(N)=O)CC4)c4ccc(F)cc4)cc3Cl)ccn2)cn1. The van der Waals surface area contributed by atoms with Crippen LogP contribution in [0.3, 0.4) is 0 Å². The van der Waals surface area contributed by atoms with Gasteiger partial charge in [0.05, 0.1) is 22.6 Å². The maximum absolute atomic E-state index is 15.5. The molecule has 5 rings (SSSR count). The summed E-state index contributed by atoms with van der Waals surface area (Å²) < 4.78 is 36.5. The Bertz CT molecular complexity index is 1520. The number of aromatic nitrogens is 3. The number of carbonyl (C=O) groups is 2. The molecule has 1 aliphatic rings. The van der Waals surface area contributed by atoms with Gasteiger partial charge in [-0.3, -0.25) is 24.2 Å². The second-order valence-corrected chi connectivity index (χ2v) is 9.09. The lowest BCUT2D eigenvalue weighted by Gasteiger charge is -2.27. The van der Waals surface area contributed by atoms with Crippen molar-refractivity contribution in [2.75, 3.05) is 4.90 Å². The van der Waals surface area contributed by atoms with Crippen LogP contribution in [0.15, 0.2) is 67.1 Å². The zero-order valence-corrected chi connectivity index (χ0v) is 20.2. The number of rotatable bonds is 7. The first-order valence-electron chi connectivity index (χ1n) is 11.2. The number of benzene rings is 2. The van der Waals surface area contributed by atoms with Crippen LogP contribution in [0, 0.1) is 17.0 Å². The topological polar surface area (TPSA) is 103 Å². The van der Waals surface area contributed by atoms with E-state index in [0.717, 1.165) is 28.7 Å². The molecule has 4 aromatic rings. The van der Waals surface area contributed by atoms with Crippen LogP contribution in [-0.2, 0) is 16.6 Å². The van der Waals surface area contributed by atoms with Crippen LogP contribution in [0.5, 0.6) is 11.5 Å². The monoisotopic (exact) mass is 523 g/mol. The number of aryl methyl sites for hydroxylation is 1. The normalized spacial score (nSPS) is 13.7. The predicted octanol–water partition coefficient (Wildman–Crippen LogP) is 5.14. The molecule has 2 aromatic carbocycles. The van der Waals surface area contributed by atoms with Gasteiger partial charge in [0, 0.05) is 42.8 Å². The summed E-state index contributed by atoms with van der Waals surface area (Å²) in [6.45, 7) is 0. The van der Waals surface area contributed by atoms with E-state index in [1.807, 2.05) is 0 Å². The molecular weight excluding hydrogens is 504 g/mol. The molecule has 0 radical (unpaired) electrons. The largest absolute Gasteiger partial charge is 0.456 e. The highest BCUT2D eigenvalue weighted by molar-refractivity contribution is 6.32. The van der Waals surface area contributed by atoms with Crippen molar-refractivity contribution in [2.45, 2.75) is 12.8 Å². The summed E-state index contributed by atoms with van der Waals surface area (Å²) in [5, 5.41) is 4.12. The van der Waals surface area contributed by atoms with E-state index < -0.39 is 28.9 Å². The highest BCUT2D eigenvalue weighted by atomic mass is 35.5. The van der Waals surface area contributed by atoms with Gasteiger partial charge < -0.3 is 10.5 Å². The van der Waals surface area contributed by atoms with Gasteiger partial charge >= 0.3 is 0 Å². The van der Waals surface area contributed by atoms with Crippen LogP contribution in [0.25, 0.3) is 11.3 Å². The van der Waals surface area contributed by atoms with Gasteiger partial charge in [-0.1, -0.05) is 11.6 Å². The molecule has 2 amide bonds. The first-order chi connectivity index (χ1) is 17.7. The molecule has 8 nitrogen and oxygen atoms in total. The molecule has 37 heavy (non-hydrogen) atoms. The van der Waals surface area contributed by atoms with Gasteiger partial charge in [0.15, 0.2) is 5.82 Å². The minimum absolute atomic E-state index is 0.0000244. The molecule has 0 spiro atoms. The molecule has 1 fully saturated rings. The Hall–Kier alpha value is -4.31. The van der Waals surface area contributed by atoms with E-state index in [2.05, 4.69) is 10.1 Å². The highest BCUT2D eigenvalue weighted by Gasteiger charge is 2.57. The molecule has 0 atom stereocenters. The maximum atomic E-state index is 15.5. The maximum Gasteiger partial charge on any atom is 0.247 e. The molecule has 0 bridgehead atoms. The zero-order chi connectivity index (χ0) is 26.3. The number of primary amides is 1. The quantitative estimate of drug-likeness (QED) is 0.338. The second kappa shape index (κ2) is 9.29. The number of hydrogen-bond donors (Lipinski definition) is 1. The van der Waals surface area contributed by atoms with Crippen LogP contribution in [0.2, 0.25) is 5.02 Å². The Morgan fingerprint density at radius 1 is 1.14 bits per heavy atom. The van der Waals surface area contributed by atoms with Gasteiger partial charge in [0.2, 0.25) is 11.8 Å². The molecular formula is C26H20ClF2N5O3. The fourth-order valence-corrected chi connectivity index (χ4v) is 4.14. The molecule has 11 heteroatoms. The van der Waals surface area contributed by atoms with Crippen molar-refractivity contribution >= 4 is 34.8 Å². The fraction of sp³-hybridized carbons (Fsp3) is 0.154. The molecule has 2 N–H and O–H groups in total. The van der Waals surface area contributed by atoms with Gasteiger partial charge in [-0.05, 0) is 49.2 Å². The summed E-state index contributed by atoms with van der Waals surface area (Å²) in [5.74, 6) is -2.58. The predicted molar refractivity (Wildman–Crippen MR) is 132 cm³/mol. The minimum Gasteiger partial charge on any atom is -0.456 e. The number of amides is 2. The van der Waals surface area contributed by atoms with Crippen molar-refractivity contribution < 1.29 is 23.1 Å². The average molecular weight is 524 g/mol. The van der Waals surface area contributed by atoms with Crippen LogP contribution in [0.1, 0.15) is 12.8 Å². The highest BCUT2D eigenvalue weighted by Crippen LogP contribution is 2.50. The van der Waals surface area contributed by atoms with Gasteiger partial charge in [0.25, 0.3) is 0 Å². The Labute approximate surface area is 215 Å². The van der Waals surface area contributed by atoms with Crippen molar-refractivity contribution in [3.63, 3.8) is 0 Å². The Morgan fingerprint density at radius 2 is 1.86 bits per heavy atom. The van der Waals surface area contributed by atoms with Crippen LogP contribution < -0.4 is 15.4 Å². The van der Waals surface area contributed by atoms with E-state index in [1.54, 1.807) is 36.3 Å². The Kier molecular flexibility index (Phi) is 6.12. The number of anilines is 2. The number of hydrogen-bond acceptors (Lipinski definition) is 5. The van der Waals surface area contributed by atoms with Gasteiger partial charge in [-0.15, -0.1) is 0 Å². The third kappa shape index (κ3) is 4.63. The summed E-state index contributed by atoms with van der Waals surface area (Å²) in [4.78, 5) is 30.8. The molecule has 188 valence electrons. The van der Waals surface area contributed by atoms with E-state index in [1.165, 1.54) is 24.4 Å². The minimum atomic E-state index is -1.46. The molecule has 0 aliphatic heterocycles. The first-order valence-corrected chi connectivity index (χ1v) is 11.6. The van der Waals surface area contributed by atoms with Crippen molar-refractivity contribution in [3.05, 3.63) is 83.8 Å². The average Bonchev–Trinajstić information content (AvgIpc) is 3.58. The number of carbonyl (C=O) groups excluding carboxylic acids is 2. The number of nitrogens with two attached hydrogens (primary N) is 1. The first kappa shape index (κ1) is 24.4. The van der Waals surface area contributed by atoms with Gasteiger partial charge in [-0.2, -0.15) is 5.10 Å². The van der Waals surface area contributed by atoms with Crippen molar-refractivity contribution in [2.24, 2.45) is 18.2 Å². The van der Waals surface area contributed by atoms with Gasteiger partial charge in [-0.25, -0.2) is 8.78 Å². The van der Waals surface area contributed by atoms with E-state index in [4.69, 9.17) is 22.1 Å². The fourth-order valence-electron chi connectivity index (χ4n) is 3.94. The van der Waals surface area contributed by atoms with Crippen molar-refractivity contribution in [3.8, 4) is 22.8 Å². The standard InChI is InChI=1S/C26H20ClF2N5O3/c1-33-14-15(13-32-33)21-10-18(6-9-31-21)37-23-12-20(29)22(11-19(23)27)34(17-4-2-16(28)3-5-17)25(36)26(7-8-26)24(30)35/h2-6,9-14H,7-8H2,1H3,(H2,30,35). The summed E-state index contributed by atoms with van der Waals surface area (Å²) in [6, 6.07) is 10.3. The number of nitrogens with zero attached hydrogens (tertiary/aromatic N) is 4. The second-order valence-electron chi connectivity index (χ2n) is 8.68. The third-order valence-corrected chi connectivity index (χ3v) is 6.42. The van der Waals surface area contributed by atoms with E-state index >= 15 is 4.39 Å². The Balaban J connectivity index is 1.51. The van der Waals surface area contributed by atoms with Crippen molar-refractivity contribution in [1.82, 2.24) is 14.8 Å². The molecule has 2 heterocycles. The van der Waals surface area contributed by atoms with Crippen LogP contribution in [-0.4, -0.2) is 26.6 Å². The molecule has 2 aromatic heterocycles. The van der Waals surface area contributed by atoms with Crippen molar-refractivity contribution in [1.29, 1.82) is 0 Å². The number of halogens is 3. The number of pyridine rings is 1. The summed E-state index contributed by atoms with van der Waals surface area (Å²) >= 11 is 6.46.